The van der Waals surface area contributed by atoms with Gasteiger partial charge in [0.15, 0.2) is 0 Å². The fourth-order valence-electron chi connectivity index (χ4n) is 1.12. The number of hydrogen-bond donors (Lipinski definition) is 1. The molecule has 1 N–H and O–H groups in total. The van der Waals surface area contributed by atoms with Crippen molar-refractivity contribution in [3.8, 4) is 0 Å². The number of thioether (sulfide) groups is 2. The zero-order valence-electron chi connectivity index (χ0n) is 8.61. The molecule has 13 heavy (non-hydrogen) atoms. The van der Waals surface area contributed by atoms with Gasteiger partial charge in [0.1, 0.15) is 5.78 Å². The number of ketones is 1. The number of rotatable bonds is 6. The van der Waals surface area contributed by atoms with E-state index >= 15 is 0 Å². The minimum atomic E-state index is -0.530. The molecule has 0 saturated carbocycles. The largest absolute Gasteiger partial charge is 0.390 e. The molecule has 0 radical (unpaired) electrons. The Labute approximate surface area is 88.9 Å². The second-order valence-corrected chi connectivity index (χ2v) is 5.20. The van der Waals surface area contributed by atoms with Gasteiger partial charge in [-0.2, -0.15) is 0 Å². The maximum atomic E-state index is 11.3. The van der Waals surface area contributed by atoms with Gasteiger partial charge < -0.3 is 5.11 Å². The van der Waals surface area contributed by atoms with Crippen molar-refractivity contribution in [2.24, 2.45) is 5.92 Å². The molecule has 2 unspecified atom stereocenters. The molecule has 0 aromatic heterocycles. The van der Waals surface area contributed by atoms with Crippen LogP contribution in [0.25, 0.3) is 0 Å². The summed E-state index contributed by atoms with van der Waals surface area (Å²) >= 11 is 3.19. The van der Waals surface area contributed by atoms with E-state index in [0.717, 1.165) is 0 Å². The Balaban J connectivity index is 4.21. The number of aliphatic hydroxyl groups excluding tert-OH is 1. The van der Waals surface area contributed by atoms with Gasteiger partial charge in [-0.25, -0.2) is 0 Å². The number of hydrogen-bond acceptors (Lipinski definition) is 4. The minimum Gasteiger partial charge on any atom is -0.390 e. The Morgan fingerprint density at radius 2 is 1.85 bits per heavy atom. The summed E-state index contributed by atoms with van der Waals surface area (Å²) in [7, 11) is 0. The third kappa shape index (κ3) is 3.92. The standard InChI is InChI=1S/C9H18O2S2/c1-5-7(10)6(2)8(11)9(12-3)13-4/h6,8-9,11H,5H2,1-4H3. The average molecular weight is 222 g/mol. The van der Waals surface area contributed by atoms with Crippen LogP contribution in [0.4, 0.5) is 0 Å². The van der Waals surface area contributed by atoms with Crippen LogP contribution in [0.5, 0.6) is 0 Å². The zero-order valence-corrected chi connectivity index (χ0v) is 10.2. The quantitative estimate of drug-likeness (QED) is 0.698. The third-order valence-electron chi connectivity index (χ3n) is 2.11. The van der Waals surface area contributed by atoms with Crippen LogP contribution in [0, 0.1) is 5.92 Å². The molecule has 0 aliphatic rings. The molecule has 0 rings (SSSR count). The van der Waals surface area contributed by atoms with Crippen LogP contribution in [-0.2, 0) is 4.79 Å². The number of carbonyl (C=O) groups is 1. The molecular formula is C9H18O2S2. The van der Waals surface area contributed by atoms with Gasteiger partial charge in [-0.1, -0.05) is 13.8 Å². The van der Waals surface area contributed by atoms with Crippen LogP contribution in [0.2, 0.25) is 0 Å². The van der Waals surface area contributed by atoms with Crippen LogP contribution in [0.1, 0.15) is 20.3 Å². The van der Waals surface area contributed by atoms with E-state index in [9.17, 15) is 9.90 Å². The molecule has 0 heterocycles. The lowest BCUT2D eigenvalue weighted by atomic mass is 9.99. The SMILES string of the molecule is CCC(=O)C(C)C(O)C(SC)SC. The van der Waals surface area contributed by atoms with Crippen molar-refractivity contribution in [3.63, 3.8) is 0 Å². The van der Waals surface area contributed by atoms with Crippen molar-refractivity contribution in [1.82, 2.24) is 0 Å². The van der Waals surface area contributed by atoms with E-state index in [1.54, 1.807) is 30.4 Å². The first-order valence-electron chi connectivity index (χ1n) is 4.34. The molecule has 4 heteroatoms. The Bertz CT molecular complexity index is 158. The second kappa shape index (κ2) is 6.74. The summed E-state index contributed by atoms with van der Waals surface area (Å²) in [5.74, 6) is -0.101. The normalized spacial score (nSPS) is 15.8. The van der Waals surface area contributed by atoms with E-state index in [-0.39, 0.29) is 16.3 Å². The Kier molecular flexibility index (Phi) is 6.91. The van der Waals surface area contributed by atoms with Crippen LogP contribution in [-0.4, -0.2) is 34.1 Å². The van der Waals surface area contributed by atoms with Crippen molar-refractivity contribution >= 4 is 29.3 Å². The van der Waals surface area contributed by atoms with Crippen LogP contribution < -0.4 is 0 Å². The minimum absolute atomic E-state index is 0.102. The molecule has 0 bridgehead atoms. The van der Waals surface area contributed by atoms with Gasteiger partial charge in [-0.05, 0) is 12.5 Å². The van der Waals surface area contributed by atoms with E-state index < -0.39 is 6.10 Å². The molecule has 0 saturated heterocycles. The van der Waals surface area contributed by atoms with Crippen molar-refractivity contribution < 1.29 is 9.90 Å². The van der Waals surface area contributed by atoms with Crippen molar-refractivity contribution in [2.45, 2.75) is 31.0 Å². The van der Waals surface area contributed by atoms with Crippen LogP contribution >= 0.6 is 23.5 Å². The van der Waals surface area contributed by atoms with Gasteiger partial charge in [0.05, 0.1) is 10.7 Å². The van der Waals surface area contributed by atoms with Gasteiger partial charge >= 0.3 is 0 Å². The van der Waals surface area contributed by atoms with Gasteiger partial charge in [0, 0.05) is 12.3 Å². The highest BCUT2D eigenvalue weighted by atomic mass is 32.2. The summed E-state index contributed by atoms with van der Waals surface area (Å²) in [6, 6.07) is 0. The summed E-state index contributed by atoms with van der Waals surface area (Å²) in [6.07, 6.45) is 3.88. The van der Waals surface area contributed by atoms with Gasteiger partial charge in [0.2, 0.25) is 0 Å². The van der Waals surface area contributed by atoms with E-state index in [1.807, 2.05) is 19.4 Å². The van der Waals surface area contributed by atoms with Crippen LogP contribution in [0.15, 0.2) is 0 Å². The Morgan fingerprint density at radius 1 is 1.38 bits per heavy atom. The van der Waals surface area contributed by atoms with Gasteiger partial charge in [-0.15, -0.1) is 23.5 Å². The summed E-state index contributed by atoms with van der Waals surface area (Å²) in [4.78, 5) is 11.3. The van der Waals surface area contributed by atoms with Crippen LogP contribution in [0.3, 0.4) is 0 Å². The molecule has 0 aromatic rings. The molecule has 0 spiro atoms. The van der Waals surface area contributed by atoms with Crippen molar-refractivity contribution in [3.05, 3.63) is 0 Å². The second-order valence-electron chi connectivity index (χ2n) is 2.94. The molecule has 0 aliphatic heterocycles. The first-order valence-corrected chi connectivity index (χ1v) is 6.92. The highest BCUT2D eigenvalue weighted by molar-refractivity contribution is 8.16. The lowest BCUT2D eigenvalue weighted by Crippen LogP contribution is -2.32. The monoisotopic (exact) mass is 222 g/mol. The molecule has 0 amide bonds. The Hall–Kier alpha value is 0.330. The number of aliphatic hydroxyl groups is 1. The first-order chi connectivity index (χ1) is 6.08. The smallest absolute Gasteiger partial charge is 0.138 e. The molecule has 2 atom stereocenters. The number of carbonyl (C=O) groups excluding carboxylic acids is 1. The Morgan fingerprint density at radius 3 is 2.15 bits per heavy atom. The molecule has 2 nitrogen and oxygen atoms in total. The highest BCUT2D eigenvalue weighted by Gasteiger charge is 2.27. The van der Waals surface area contributed by atoms with E-state index in [4.69, 9.17) is 0 Å². The summed E-state index contributed by atoms with van der Waals surface area (Å²) < 4.78 is 0.102. The zero-order chi connectivity index (χ0) is 10.4. The highest BCUT2D eigenvalue weighted by Crippen LogP contribution is 2.27. The van der Waals surface area contributed by atoms with E-state index in [0.29, 0.717) is 6.42 Å². The van der Waals surface area contributed by atoms with Gasteiger partial charge in [-0.3, -0.25) is 4.79 Å². The van der Waals surface area contributed by atoms with Gasteiger partial charge in [0.25, 0.3) is 0 Å². The topological polar surface area (TPSA) is 37.3 Å². The third-order valence-corrected chi connectivity index (χ3v) is 4.75. The summed E-state index contributed by atoms with van der Waals surface area (Å²) in [5, 5.41) is 9.82. The first kappa shape index (κ1) is 13.3. The predicted octanol–water partition coefficient (Wildman–Crippen LogP) is 2.01. The fraction of sp³-hybridized carbons (Fsp3) is 0.889. The molecule has 0 aromatic carbocycles. The summed E-state index contributed by atoms with van der Waals surface area (Å²) in [5.41, 5.74) is 0. The van der Waals surface area contributed by atoms with Crippen molar-refractivity contribution in [1.29, 1.82) is 0 Å². The van der Waals surface area contributed by atoms with E-state index in [2.05, 4.69) is 0 Å². The fourth-order valence-corrected chi connectivity index (χ4v) is 2.92. The molecule has 0 fully saturated rings. The lowest BCUT2D eigenvalue weighted by molar-refractivity contribution is -0.124. The molecular weight excluding hydrogens is 204 g/mol. The maximum Gasteiger partial charge on any atom is 0.138 e. The summed E-state index contributed by atoms with van der Waals surface area (Å²) in [6.45, 7) is 3.63. The number of Topliss-reactive ketones (excluding diaryl/α,β-unsaturated/α-hetero) is 1. The molecule has 78 valence electrons. The van der Waals surface area contributed by atoms with Crippen molar-refractivity contribution in [2.75, 3.05) is 12.5 Å². The maximum absolute atomic E-state index is 11.3. The average Bonchev–Trinajstić information content (AvgIpc) is 2.17. The predicted molar refractivity (Wildman–Crippen MR) is 61.3 cm³/mol. The molecule has 0 aliphatic carbocycles. The lowest BCUT2D eigenvalue weighted by Gasteiger charge is -2.23. The van der Waals surface area contributed by atoms with E-state index in [1.165, 1.54) is 0 Å².